The van der Waals surface area contributed by atoms with E-state index in [2.05, 4.69) is 20.3 Å². The molecule has 1 atom stereocenters. The molecule has 4 rings (SSSR count). The number of hydrogen-bond acceptors (Lipinski definition) is 7. The van der Waals surface area contributed by atoms with Crippen LogP contribution in [0.2, 0.25) is 5.15 Å². The van der Waals surface area contributed by atoms with Crippen molar-refractivity contribution in [2.24, 2.45) is 0 Å². The molecule has 3 aromatic rings. The van der Waals surface area contributed by atoms with Crippen LogP contribution in [0.4, 0.5) is 15.0 Å². The lowest BCUT2D eigenvalue weighted by Gasteiger charge is -2.24. The fraction of sp³-hybridized carbons (Fsp3) is 0.400. The van der Waals surface area contributed by atoms with Crippen LogP contribution in [-0.2, 0) is 4.74 Å². The molecule has 7 nitrogen and oxygen atoms in total. The van der Waals surface area contributed by atoms with E-state index in [1.807, 2.05) is 32.2 Å². The predicted molar refractivity (Wildman–Crippen MR) is 115 cm³/mol. The van der Waals surface area contributed by atoms with Crippen molar-refractivity contribution in [2.75, 3.05) is 18.4 Å². The molecule has 1 saturated heterocycles. The number of rotatable bonds is 3. The number of likely N-dealkylation sites (tertiary alicyclic amines) is 1. The van der Waals surface area contributed by atoms with E-state index in [1.54, 1.807) is 4.90 Å². The summed E-state index contributed by atoms with van der Waals surface area (Å²) in [5.74, 6) is 0.289. The maximum atomic E-state index is 14.3. The zero-order chi connectivity index (χ0) is 21.5. The monoisotopic (exact) mass is 449 g/mol. The summed E-state index contributed by atoms with van der Waals surface area (Å²) in [6.07, 6.45) is 1.48. The van der Waals surface area contributed by atoms with Gasteiger partial charge in [0.1, 0.15) is 16.6 Å². The lowest BCUT2D eigenvalue weighted by molar-refractivity contribution is 0.0293. The zero-order valence-electron chi connectivity index (χ0n) is 16.8. The summed E-state index contributed by atoms with van der Waals surface area (Å²) in [5.41, 5.74) is 0.359. The second kappa shape index (κ2) is 7.96. The molecule has 4 heterocycles. The van der Waals surface area contributed by atoms with E-state index in [4.69, 9.17) is 16.3 Å². The van der Waals surface area contributed by atoms with E-state index in [9.17, 15) is 9.18 Å². The Morgan fingerprint density at radius 3 is 2.97 bits per heavy atom. The summed E-state index contributed by atoms with van der Waals surface area (Å²) in [5, 5.41) is 5.47. The summed E-state index contributed by atoms with van der Waals surface area (Å²) in [7, 11) is 0. The van der Waals surface area contributed by atoms with Gasteiger partial charge in [-0.2, -0.15) is 0 Å². The Hall–Kier alpha value is -2.52. The van der Waals surface area contributed by atoms with Crippen LogP contribution >= 0.6 is 22.9 Å². The largest absolute Gasteiger partial charge is 0.444 e. The maximum Gasteiger partial charge on any atom is 0.410 e. The standard InChI is InChI=1S/C20H21ClFN5O2S/c1-20(2,3)29-19(28)27-6-4-11(10-27)24-18-16-14(5-7-30-16)25-17(26-18)12-8-15(21)23-9-13(12)22/h5,7-9,11H,4,6,10H2,1-3H3,(H,24,25,26). The molecule has 1 aliphatic heterocycles. The number of carbonyl (C=O) groups is 1. The highest BCUT2D eigenvalue weighted by Crippen LogP contribution is 2.31. The average molecular weight is 450 g/mol. The lowest BCUT2D eigenvalue weighted by atomic mass is 10.2. The fourth-order valence-corrected chi connectivity index (χ4v) is 4.17. The smallest absolute Gasteiger partial charge is 0.410 e. The molecule has 10 heteroatoms. The van der Waals surface area contributed by atoms with Gasteiger partial charge < -0.3 is 15.0 Å². The third-order valence-electron chi connectivity index (χ3n) is 4.55. The molecule has 1 fully saturated rings. The molecule has 1 unspecified atom stereocenters. The molecule has 3 aromatic heterocycles. The number of nitrogens with one attached hydrogen (secondary N) is 1. The molecule has 0 spiro atoms. The summed E-state index contributed by atoms with van der Waals surface area (Å²) in [6, 6.07) is 3.27. The number of nitrogens with zero attached hydrogens (tertiary/aromatic N) is 4. The van der Waals surface area contributed by atoms with Crippen molar-refractivity contribution in [1.82, 2.24) is 19.9 Å². The minimum atomic E-state index is -0.545. The van der Waals surface area contributed by atoms with Crippen LogP contribution in [0.1, 0.15) is 27.2 Å². The Balaban J connectivity index is 1.58. The molecule has 0 radical (unpaired) electrons. The predicted octanol–water partition coefficient (Wildman–Crippen LogP) is 4.97. The Bertz CT molecular complexity index is 1100. The molecular weight excluding hydrogens is 429 g/mol. The Kier molecular flexibility index (Phi) is 5.50. The number of fused-ring (bicyclic) bond motifs is 1. The number of amides is 1. The van der Waals surface area contributed by atoms with Crippen LogP contribution in [0.3, 0.4) is 0 Å². The number of hydrogen-bond donors (Lipinski definition) is 1. The van der Waals surface area contributed by atoms with Gasteiger partial charge >= 0.3 is 6.09 Å². The van der Waals surface area contributed by atoms with Crippen molar-refractivity contribution in [1.29, 1.82) is 0 Å². The summed E-state index contributed by atoms with van der Waals surface area (Å²) in [6.45, 7) is 6.62. The van der Waals surface area contributed by atoms with Crippen LogP contribution in [0.15, 0.2) is 23.7 Å². The van der Waals surface area contributed by atoms with Gasteiger partial charge in [0.15, 0.2) is 11.6 Å². The minimum Gasteiger partial charge on any atom is -0.444 e. The van der Waals surface area contributed by atoms with Crippen LogP contribution in [0.5, 0.6) is 0 Å². The van der Waals surface area contributed by atoms with Crippen molar-refractivity contribution in [3.8, 4) is 11.4 Å². The first-order valence-corrected chi connectivity index (χ1v) is 10.8. The second-order valence-corrected chi connectivity index (χ2v) is 9.38. The molecule has 30 heavy (non-hydrogen) atoms. The molecule has 1 N–H and O–H groups in total. The first kappa shape index (κ1) is 20.7. The van der Waals surface area contributed by atoms with E-state index < -0.39 is 11.4 Å². The average Bonchev–Trinajstić information content (AvgIpc) is 3.31. The third-order valence-corrected chi connectivity index (χ3v) is 5.66. The van der Waals surface area contributed by atoms with E-state index >= 15 is 0 Å². The summed E-state index contributed by atoms with van der Waals surface area (Å²) < 4.78 is 20.6. The van der Waals surface area contributed by atoms with Gasteiger partial charge in [0.25, 0.3) is 0 Å². The Morgan fingerprint density at radius 1 is 1.40 bits per heavy atom. The zero-order valence-corrected chi connectivity index (χ0v) is 18.4. The Morgan fingerprint density at radius 2 is 2.20 bits per heavy atom. The van der Waals surface area contributed by atoms with Crippen molar-refractivity contribution in [2.45, 2.75) is 38.8 Å². The number of carbonyl (C=O) groups excluding carboxylic acids is 1. The minimum absolute atomic E-state index is 0.00329. The van der Waals surface area contributed by atoms with Gasteiger partial charge in [0, 0.05) is 19.1 Å². The van der Waals surface area contributed by atoms with E-state index in [0.29, 0.717) is 24.4 Å². The number of ether oxygens (including phenoxy) is 1. The van der Waals surface area contributed by atoms with Crippen molar-refractivity contribution in [3.05, 3.63) is 34.7 Å². The highest BCUT2D eigenvalue weighted by atomic mass is 35.5. The molecule has 0 bridgehead atoms. The lowest BCUT2D eigenvalue weighted by Crippen LogP contribution is -2.36. The molecule has 1 amide bonds. The number of pyridine rings is 1. The topological polar surface area (TPSA) is 80.2 Å². The number of anilines is 1. The Labute approximate surface area is 182 Å². The first-order chi connectivity index (χ1) is 14.2. The SMILES string of the molecule is CC(C)(C)OC(=O)N1CCC(Nc2nc(-c3cc(Cl)ncc3F)nc3ccsc23)C1. The van der Waals surface area contributed by atoms with Crippen molar-refractivity contribution in [3.63, 3.8) is 0 Å². The molecule has 0 aliphatic carbocycles. The van der Waals surface area contributed by atoms with Crippen molar-refractivity contribution >= 4 is 45.1 Å². The third kappa shape index (κ3) is 4.46. The van der Waals surface area contributed by atoms with Gasteiger partial charge in [-0.05, 0) is 44.7 Å². The molecule has 1 aliphatic rings. The van der Waals surface area contributed by atoms with Gasteiger partial charge in [-0.15, -0.1) is 11.3 Å². The van der Waals surface area contributed by atoms with Gasteiger partial charge in [-0.25, -0.2) is 24.1 Å². The number of halogens is 2. The van der Waals surface area contributed by atoms with Crippen LogP contribution in [-0.4, -0.2) is 50.7 Å². The molecule has 0 aromatic carbocycles. The molecular formula is C20H21ClFN5O2S. The van der Waals surface area contributed by atoms with Gasteiger partial charge in [-0.1, -0.05) is 11.6 Å². The van der Waals surface area contributed by atoms with Gasteiger partial charge in [-0.3, -0.25) is 0 Å². The number of aromatic nitrogens is 3. The van der Waals surface area contributed by atoms with Crippen LogP contribution in [0, 0.1) is 5.82 Å². The number of thiophene rings is 1. The van der Waals surface area contributed by atoms with Gasteiger partial charge in [0.05, 0.1) is 22.0 Å². The van der Waals surface area contributed by atoms with Gasteiger partial charge in [0.2, 0.25) is 0 Å². The van der Waals surface area contributed by atoms with E-state index in [-0.39, 0.29) is 28.7 Å². The quantitative estimate of drug-likeness (QED) is 0.569. The van der Waals surface area contributed by atoms with Crippen molar-refractivity contribution < 1.29 is 13.9 Å². The fourth-order valence-electron chi connectivity index (χ4n) is 3.23. The molecule has 158 valence electrons. The summed E-state index contributed by atoms with van der Waals surface area (Å²) in [4.78, 5) is 26.8. The normalized spacial score (nSPS) is 16.8. The highest BCUT2D eigenvalue weighted by molar-refractivity contribution is 7.17. The first-order valence-electron chi connectivity index (χ1n) is 9.51. The van der Waals surface area contributed by atoms with E-state index in [1.165, 1.54) is 17.4 Å². The summed E-state index contributed by atoms with van der Waals surface area (Å²) >= 11 is 7.43. The van der Waals surface area contributed by atoms with Crippen LogP contribution < -0.4 is 5.32 Å². The second-order valence-electron chi connectivity index (χ2n) is 8.07. The maximum absolute atomic E-state index is 14.3. The highest BCUT2D eigenvalue weighted by Gasteiger charge is 2.30. The van der Waals surface area contributed by atoms with E-state index in [0.717, 1.165) is 17.3 Å². The van der Waals surface area contributed by atoms with Crippen LogP contribution in [0.25, 0.3) is 21.6 Å². The molecule has 0 saturated carbocycles.